The summed E-state index contributed by atoms with van der Waals surface area (Å²) in [6.07, 6.45) is 28.3. The van der Waals surface area contributed by atoms with E-state index < -0.39 is 0 Å². The summed E-state index contributed by atoms with van der Waals surface area (Å²) in [4.78, 5) is 21.4. The summed E-state index contributed by atoms with van der Waals surface area (Å²) in [7, 11) is 0. The monoisotopic (exact) mass is 476 g/mol. The molecule has 6 heteroatoms. The van der Waals surface area contributed by atoms with Crippen molar-refractivity contribution in [3.8, 4) is 0 Å². The molecule has 0 atom stereocenters. The molecular formula is C31H20N6. The minimum absolute atomic E-state index is 0.631. The lowest BCUT2D eigenvalue weighted by Crippen LogP contribution is -2.23. The van der Waals surface area contributed by atoms with Crippen LogP contribution in [0.5, 0.6) is 0 Å². The van der Waals surface area contributed by atoms with Crippen molar-refractivity contribution in [2.45, 2.75) is 6.42 Å². The van der Waals surface area contributed by atoms with Crippen LogP contribution < -0.4 is 4.90 Å². The number of anilines is 1. The number of allylic oxidation sites excluding steroid dienone is 5. The lowest BCUT2D eigenvalue weighted by Gasteiger charge is -2.29. The minimum Gasteiger partial charge on any atom is -0.304 e. The minimum atomic E-state index is 0.631. The van der Waals surface area contributed by atoms with Crippen molar-refractivity contribution in [3.63, 3.8) is 0 Å². The highest BCUT2D eigenvalue weighted by Gasteiger charge is 2.24. The van der Waals surface area contributed by atoms with Crippen molar-refractivity contribution in [3.05, 3.63) is 149 Å². The van der Waals surface area contributed by atoms with Crippen LogP contribution in [0.3, 0.4) is 0 Å². The van der Waals surface area contributed by atoms with E-state index in [0.717, 1.165) is 50.9 Å². The van der Waals surface area contributed by atoms with Crippen molar-refractivity contribution in [2.24, 2.45) is 15.0 Å². The van der Waals surface area contributed by atoms with Gasteiger partial charge in [0, 0.05) is 90.6 Å². The summed E-state index contributed by atoms with van der Waals surface area (Å²) >= 11 is 0. The third kappa shape index (κ3) is 4.36. The van der Waals surface area contributed by atoms with E-state index in [1.165, 1.54) is 0 Å². The van der Waals surface area contributed by atoms with Gasteiger partial charge in [-0.1, -0.05) is 23.8 Å². The summed E-state index contributed by atoms with van der Waals surface area (Å²) in [5, 5.41) is 0. The van der Waals surface area contributed by atoms with E-state index in [1.54, 1.807) is 37.2 Å². The van der Waals surface area contributed by atoms with Gasteiger partial charge in [0.05, 0.1) is 28.5 Å². The normalized spacial score (nSPS) is 21.4. The number of aliphatic imine (C=N–C) groups is 3. The van der Waals surface area contributed by atoms with Gasteiger partial charge in [-0.3, -0.25) is 24.9 Å². The van der Waals surface area contributed by atoms with Crippen molar-refractivity contribution in [1.29, 1.82) is 0 Å². The molecule has 0 N–H and O–H groups in total. The topological polar surface area (TPSA) is 56.5 Å². The largest absolute Gasteiger partial charge is 0.304 e. The molecule has 0 amide bonds. The van der Waals surface area contributed by atoms with E-state index in [4.69, 9.17) is 0 Å². The van der Waals surface area contributed by atoms with E-state index in [-0.39, 0.29) is 0 Å². The SMILES string of the molecule is C=C1/C=C\N=CCC2=C=C(C=CN=C2)N1/C1=C/C=C=CC(N2C3=C=C(C=NC=C3)c3cnccc32)=C=C1. The molecule has 0 aromatic carbocycles. The second-order valence-corrected chi connectivity index (χ2v) is 8.30. The number of pyridine rings is 1. The van der Waals surface area contributed by atoms with Gasteiger partial charge in [0.2, 0.25) is 0 Å². The molecule has 0 saturated carbocycles. The smallest absolute Gasteiger partial charge is 0.0974 e. The highest BCUT2D eigenvalue weighted by atomic mass is 15.2. The van der Waals surface area contributed by atoms with Crippen LogP contribution in [0.4, 0.5) is 5.69 Å². The molecule has 4 aliphatic heterocycles. The third-order valence-electron chi connectivity index (χ3n) is 5.93. The van der Waals surface area contributed by atoms with E-state index >= 15 is 0 Å². The number of nitrogens with zero attached hydrogens (tertiary/aromatic N) is 6. The van der Waals surface area contributed by atoms with E-state index in [9.17, 15) is 0 Å². The van der Waals surface area contributed by atoms with Gasteiger partial charge in [0.25, 0.3) is 0 Å². The highest BCUT2D eigenvalue weighted by Crippen LogP contribution is 2.36. The Kier molecular flexibility index (Phi) is 5.75. The molecule has 1 aromatic rings. The predicted molar refractivity (Wildman–Crippen MR) is 149 cm³/mol. The Hall–Kier alpha value is -5.46. The molecular weight excluding hydrogens is 456 g/mol. The molecule has 0 fully saturated rings. The first-order valence-electron chi connectivity index (χ1n) is 11.7. The summed E-state index contributed by atoms with van der Waals surface area (Å²) in [5.41, 5.74) is 21.4. The molecule has 5 aliphatic rings. The first-order chi connectivity index (χ1) is 18.3. The zero-order chi connectivity index (χ0) is 25.0. The fraction of sp³-hybridized carbons (Fsp3) is 0.0323. The Balaban J connectivity index is 1.49. The van der Waals surface area contributed by atoms with Crippen LogP contribution in [0, 0.1) is 0 Å². The van der Waals surface area contributed by atoms with Gasteiger partial charge >= 0.3 is 0 Å². The van der Waals surface area contributed by atoms with Crippen LogP contribution in [0.25, 0.3) is 5.57 Å². The maximum atomic E-state index is 4.35. The van der Waals surface area contributed by atoms with Crippen molar-refractivity contribution >= 4 is 29.9 Å². The van der Waals surface area contributed by atoms with Gasteiger partial charge < -0.3 is 4.90 Å². The molecule has 0 radical (unpaired) electrons. The fourth-order valence-electron chi connectivity index (χ4n) is 4.25. The second-order valence-electron chi connectivity index (χ2n) is 8.30. The number of aromatic nitrogens is 1. The molecule has 4 bridgehead atoms. The first-order valence-corrected chi connectivity index (χ1v) is 11.7. The maximum absolute atomic E-state index is 4.35. The number of hydrogen-bond donors (Lipinski definition) is 0. The molecule has 5 heterocycles. The van der Waals surface area contributed by atoms with Crippen LogP contribution >= 0.6 is 0 Å². The zero-order valence-corrected chi connectivity index (χ0v) is 19.8. The molecule has 0 spiro atoms. The van der Waals surface area contributed by atoms with E-state index in [2.05, 4.69) is 54.4 Å². The Bertz CT molecular complexity index is 1700. The van der Waals surface area contributed by atoms with Crippen LogP contribution in [0.2, 0.25) is 0 Å². The van der Waals surface area contributed by atoms with E-state index in [1.807, 2.05) is 65.9 Å². The Morgan fingerprint density at radius 1 is 0.865 bits per heavy atom. The standard InChI is InChI=1S/C31H20N6/c1-23-8-13-32-14-9-24-18-28(10-15-33-20-24)36(23)26-4-2-3-5-27(7-6-26)37-29-11-16-34-21-25(19-29)30-22-35-17-12-31(30)37/h2,4-6,8,10-17,20-22H,1,9H2/b13-8-,26-4+,32-14?. The molecule has 6 rings (SSSR count). The average molecular weight is 477 g/mol. The number of rotatable bonds is 2. The summed E-state index contributed by atoms with van der Waals surface area (Å²) in [6.45, 7) is 4.29. The van der Waals surface area contributed by atoms with Crippen molar-refractivity contribution < 1.29 is 0 Å². The zero-order valence-electron chi connectivity index (χ0n) is 19.8. The molecule has 37 heavy (non-hydrogen) atoms. The van der Waals surface area contributed by atoms with Gasteiger partial charge in [-0.05, 0) is 36.4 Å². The van der Waals surface area contributed by atoms with Crippen LogP contribution in [0.1, 0.15) is 12.0 Å². The predicted octanol–water partition coefficient (Wildman–Crippen LogP) is 5.82. The number of hydrogen-bond acceptors (Lipinski definition) is 6. The molecule has 0 unspecified atom stereocenters. The molecule has 0 saturated heterocycles. The Morgan fingerprint density at radius 3 is 2.62 bits per heavy atom. The fourth-order valence-corrected chi connectivity index (χ4v) is 4.25. The highest BCUT2D eigenvalue weighted by molar-refractivity contribution is 6.13. The first kappa shape index (κ1) is 22.0. The molecule has 1 aromatic heterocycles. The number of fused-ring (bicyclic) bond motifs is 2. The lowest BCUT2D eigenvalue weighted by molar-refractivity contribution is 0.581. The van der Waals surface area contributed by atoms with Gasteiger partial charge in [-0.15, -0.1) is 5.73 Å². The van der Waals surface area contributed by atoms with Crippen LogP contribution in [0.15, 0.2) is 158 Å². The summed E-state index contributed by atoms with van der Waals surface area (Å²) in [6, 6.07) is 1.98. The lowest BCUT2D eigenvalue weighted by atomic mass is 10.0. The quantitative estimate of drug-likeness (QED) is 0.505. The van der Waals surface area contributed by atoms with Crippen molar-refractivity contribution in [1.82, 2.24) is 9.88 Å². The van der Waals surface area contributed by atoms with Crippen molar-refractivity contribution in [2.75, 3.05) is 4.90 Å². The molecule has 174 valence electrons. The summed E-state index contributed by atoms with van der Waals surface area (Å²) in [5.74, 6) is 0. The molecule has 1 aliphatic carbocycles. The van der Waals surface area contributed by atoms with Gasteiger partial charge in [0.15, 0.2) is 0 Å². The Morgan fingerprint density at radius 2 is 1.70 bits per heavy atom. The van der Waals surface area contributed by atoms with Crippen LogP contribution in [-0.4, -0.2) is 28.5 Å². The van der Waals surface area contributed by atoms with Gasteiger partial charge in [-0.25, -0.2) is 0 Å². The maximum Gasteiger partial charge on any atom is 0.0974 e. The van der Waals surface area contributed by atoms with Gasteiger partial charge in [-0.2, -0.15) is 0 Å². The van der Waals surface area contributed by atoms with Crippen LogP contribution in [-0.2, 0) is 0 Å². The Labute approximate surface area is 214 Å². The molecule has 6 nitrogen and oxygen atoms in total. The van der Waals surface area contributed by atoms with Gasteiger partial charge in [0.1, 0.15) is 0 Å². The third-order valence-corrected chi connectivity index (χ3v) is 5.93. The van der Waals surface area contributed by atoms with E-state index in [0.29, 0.717) is 6.42 Å². The summed E-state index contributed by atoms with van der Waals surface area (Å²) < 4.78 is 0. The second kappa shape index (κ2) is 9.65. The average Bonchev–Trinajstić information content (AvgIpc) is 3.25.